The lowest BCUT2D eigenvalue weighted by molar-refractivity contribution is -0.123. The highest BCUT2D eigenvalue weighted by Crippen LogP contribution is 2.36. The van der Waals surface area contributed by atoms with Gasteiger partial charge in [0.2, 0.25) is 0 Å². The van der Waals surface area contributed by atoms with E-state index >= 15 is 0 Å². The molecule has 9 heteroatoms. The zero-order chi connectivity index (χ0) is 23.5. The van der Waals surface area contributed by atoms with E-state index in [9.17, 15) is 14.4 Å². The summed E-state index contributed by atoms with van der Waals surface area (Å²) < 4.78 is 5.41. The number of ether oxygens (including phenoxy) is 1. The molecule has 3 aromatic carbocycles. The Kier molecular flexibility index (Phi) is 7.10. The average Bonchev–Trinajstić information content (AvgIpc) is 3.04. The highest BCUT2D eigenvalue weighted by atomic mass is 35.5. The first-order valence-electron chi connectivity index (χ1n) is 9.58. The number of carbonyl (C=O) groups excluding carboxylic acids is 3. The number of halogens is 3. The molecule has 0 aliphatic carbocycles. The second-order valence-electron chi connectivity index (χ2n) is 6.94. The summed E-state index contributed by atoms with van der Waals surface area (Å²) in [6, 6.07) is 18.0. The summed E-state index contributed by atoms with van der Waals surface area (Å²) in [5, 5.41) is 0.841. The summed E-state index contributed by atoms with van der Waals surface area (Å²) in [6.07, 6.45) is 1.57. The normalized spacial score (nSPS) is 14.8. The molecule has 166 valence electrons. The van der Waals surface area contributed by atoms with Gasteiger partial charge in [-0.25, -0.2) is 4.79 Å². The fraction of sp³-hybridized carbons (Fsp3) is 0.0417. The fourth-order valence-electron chi connectivity index (χ4n) is 3.05. The molecule has 1 aliphatic rings. The molecule has 0 atom stereocenters. The first-order chi connectivity index (χ1) is 15.8. The molecular weight excluding hydrogens is 505 g/mol. The molecule has 0 saturated carbocycles. The van der Waals surface area contributed by atoms with Gasteiger partial charge in [0.1, 0.15) is 5.75 Å². The number of esters is 1. The van der Waals surface area contributed by atoms with Gasteiger partial charge in [0.25, 0.3) is 11.1 Å². The standard InChI is InChI=1S/C24H14Cl3NO4S/c25-16-9-7-15(8-10-16)23(30)32-17-4-1-3-14(11-17)12-21-22(29)28(24(31)33-21)13-18-19(26)5-2-6-20(18)27/h1-12H,13H2/b21-12-. The van der Waals surface area contributed by atoms with Gasteiger partial charge in [-0.15, -0.1) is 0 Å². The maximum Gasteiger partial charge on any atom is 0.343 e. The summed E-state index contributed by atoms with van der Waals surface area (Å²) in [7, 11) is 0. The highest BCUT2D eigenvalue weighted by Gasteiger charge is 2.35. The van der Waals surface area contributed by atoms with Crippen molar-refractivity contribution >= 4 is 69.8 Å². The minimum Gasteiger partial charge on any atom is -0.423 e. The van der Waals surface area contributed by atoms with Gasteiger partial charge in [0.15, 0.2) is 0 Å². The Morgan fingerprint density at radius 3 is 2.30 bits per heavy atom. The van der Waals surface area contributed by atoms with Crippen LogP contribution >= 0.6 is 46.6 Å². The molecule has 1 aliphatic heterocycles. The monoisotopic (exact) mass is 517 g/mol. The second kappa shape index (κ2) is 10.0. The molecule has 0 spiro atoms. The number of hydrogen-bond acceptors (Lipinski definition) is 5. The van der Waals surface area contributed by atoms with Gasteiger partial charge in [-0.2, -0.15) is 0 Å². The Balaban J connectivity index is 1.51. The number of thioether (sulfide) groups is 1. The van der Waals surface area contributed by atoms with Crippen LogP contribution < -0.4 is 4.74 Å². The van der Waals surface area contributed by atoms with Crippen molar-refractivity contribution in [1.82, 2.24) is 4.90 Å². The Morgan fingerprint density at radius 1 is 0.939 bits per heavy atom. The molecule has 5 nitrogen and oxygen atoms in total. The molecule has 33 heavy (non-hydrogen) atoms. The Labute approximate surface area is 208 Å². The lowest BCUT2D eigenvalue weighted by atomic mass is 10.2. The predicted molar refractivity (Wildman–Crippen MR) is 131 cm³/mol. The summed E-state index contributed by atoms with van der Waals surface area (Å²) in [6.45, 7) is -0.0285. The Hall–Kier alpha value is -2.77. The molecular formula is C24H14Cl3NO4S. The SMILES string of the molecule is O=C(Oc1cccc(/C=C2\SC(=O)N(Cc3c(Cl)cccc3Cl)C2=O)c1)c1ccc(Cl)cc1. The Morgan fingerprint density at radius 2 is 1.61 bits per heavy atom. The van der Waals surface area contributed by atoms with Gasteiger partial charge in [-0.1, -0.05) is 53.0 Å². The van der Waals surface area contributed by atoms with Crippen molar-refractivity contribution in [3.8, 4) is 5.75 Å². The number of rotatable bonds is 5. The number of benzene rings is 3. The number of carbonyl (C=O) groups is 3. The largest absolute Gasteiger partial charge is 0.423 e. The van der Waals surface area contributed by atoms with Crippen LogP contribution in [0.1, 0.15) is 21.5 Å². The topological polar surface area (TPSA) is 63.7 Å². The quantitative estimate of drug-likeness (QED) is 0.205. The number of nitrogens with zero attached hydrogens (tertiary/aromatic N) is 1. The van der Waals surface area contributed by atoms with Crippen molar-refractivity contribution in [3.63, 3.8) is 0 Å². The van der Waals surface area contributed by atoms with Crippen molar-refractivity contribution in [2.24, 2.45) is 0 Å². The van der Waals surface area contributed by atoms with Crippen molar-refractivity contribution in [2.45, 2.75) is 6.54 Å². The van der Waals surface area contributed by atoms with Crippen LogP contribution in [0.15, 0.2) is 71.6 Å². The van der Waals surface area contributed by atoms with Crippen molar-refractivity contribution in [2.75, 3.05) is 0 Å². The maximum absolute atomic E-state index is 12.9. The molecule has 0 unspecified atom stereocenters. The number of imide groups is 1. The summed E-state index contributed by atoms with van der Waals surface area (Å²) in [5.74, 6) is -0.698. The van der Waals surface area contributed by atoms with Crippen LogP contribution in [0.2, 0.25) is 15.1 Å². The zero-order valence-corrected chi connectivity index (χ0v) is 19.8. The third-order valence-electron chi connectivity index (χ3n) is 4.70. The zero-order valence-electron chi connectivity index (χ0n) is 16.8. The number of hydrogen-bond donors (Lipinski definition) is 0. The van der Waals surface area contributed by atoms with E-state index in [0.717, 1.165) is 16.7 Å². The van der Waals surface area contributed by atoms with Gasteiger partial charge in [0, 0.05) is 20.6 Å². The van der Waals surface area contributed by atoms with Gasteiger partial charge in [-0.05, 0) is 71.9 Å². The highest BCUT2D eigenvalue weighted by molar-refractivity contribution is 8.18. The minimum absolute atomic E-state index is 0.0285. The molecule has 1 heterocycles. The summed E-state index contributed by atoms with van der Waals surface area (Å²) in [5.41, 5.74) is 1.45. The van der Waals surface area contributed by atoms with Crippen LogP contribution in [0.5, 0.6) is 5.75 Å². The van der Waals surface area contributed by atoms with E-state index in [2.05, 4.69) is 0 Å². The molecule has 0 N–H and O–H groups in total. The van der Waals surface area contributed by atoms with Crippen LogP contribution in [0.25, 0.3) is 6.08 Å². The molecule has 0 bridgehead atoms. The maximum atomic E-state index is 12.9. The van der Waals surface area contributed by atoms with Crippen molar-refractivity contribution < 1.29 is 19.1 Å². The van der Waals surface area contributed by atoms with Crippen molar-refractivity contribution in [1.29, 1.82) is 0 Å². The fourth-order valence-corrected chi connectivity index (χ4v) is 4.53. The van der Waals surface area contributed by atoms with Gasteiger partial charge in [0.05, 0.1) is 17.0 Å². The van der Waals surface area contributed by atoms with E-state index in [-0.39, 0.29) is 11.4 Å². The van der Waals surface area contributed by atoms with Crippen LogP contribution in [-0.2, 0) is 11.3 Å². The minimum atomic E-state index is -0.541. The summed E-state index contributed by atoms with van der Waals surface area (Å²) in [4.78, 5) is 39.0. The van der Waals surface area contributed by atoms with E-state index in [1.807, 2.05) is 0 Å². The van der Waals surface area contributed by atoms with E-state index in [1.54, 1.807) is 72.8 Å². The molecule has 1 saturated heterocycles. The molecule has 1 fully saturated rings. The molecule has 4 rings (SSSR count). The average molecular weight is 519 g/mol. The smallest absolute Gasteiger partial charge is 0.343 e. The van der Waals surface area contributed by atoms with Crippen LogP contribution in [0, 0.1) is 0 Å². The summed E-state index contributed by atoms with van der Waals surface area (Å²) >= 11 is 19.0. The van der Waals surface area contributed by atoms with Gasteiger partial charge >= 0.3 is 5.97 Å². The van der Waals surface area contributed by atoms with Gasteiger partial charge in [-0.3, -0.25) is 14.5 Å². The first kappa shape index (κ1) is 23.4. The van der Waals surface area contributed by atoms with Crippen LogP contribution in [0.4, 0.5) is 4.79 Å². The number of amides is 2. The van der Waals surface area contributed by atoms with Crippen LogP contribution in [0.3, 0.4) is 0 Å². The third-order valence-corrected chi connectivity index (χ3v) is 6.57. The second-order valence-corrected chi connectivity index (χ2v) is 9.18. The first-order valence-corrected chi connectivity index (χ1v) is 11.5. The van der Waals surface area contributed by atoms with E-state index in [0.29, 0.717) is 37.5 Å². The van der Waals surface area contributed by atoms with Crippen LogP contribution in [-0.4, -0.2) is 22.0 Å². The lowest BCUT2D eigenvalue weighted by Gasteiger charge is -2.14. The van der Waals surface area contributed by atoms with Gasteiger partial charge < -0.3 is 4.74 Å². The molecule has 2 amide bonds. The molecule has 0 aromatic heterocycles. The molecule has 3 aromatic rings. The molecule has 0 radical (unpaired) electrons. The predicted octanol–water partition coefficient (Wildman–Crippen LogP) is 7.10. The Bertz CT molecular complexity index is 1270. The van der Waals surface area contributed by atoms with E-state index in [1.165, 1.54) is 0 Å². The van der Waals surface area contributed by atoms with Crippen molar-refractivity contribution in [3.05, 3.63) is 103 Å². The van der Waals surface area contributed by atoms with E-state index in [4.69, 9.17) is 39.5 Å². The lowest BCUT2D eigenvalue weighted by Crippen LogP contribution is -2.27. The van der Waals surface area contributed by atoms with E-state index < -0.39 is 17.1 Å². The third kappa shape index (κ3) is 5.42.